The van der Waals surface area contributed by atoms with Crippen molar-refractivity contribution in [3.05, 3.63) is 71.0 Å². The molecule has 2 heterocycles. The highest BCUT2D eigenvalue weighted by Crippen LogP contribution is 2.14. The van der Waals surface area contributed by atoms with E-state index in [9.17, 15) is 4.79 Å². The number of carbonyl (C=O) groups excluding carboxylic acids is 1. The van der Waals surface area contributed by atoms with Gasteiger partial charge in [-0.05, 0) is 43.3 Å². The van der Waals surface area contributed by atoms with E-state index >= 15 is 0 Å². The number of hydrogen-bond donors (Lipinski definition) is 2. The fraction of sp³-hybridized carbons (Fsp3) is 0.111. The van der Waals surface area contributed by atoms with Crippen molar-refractivity contribution >= 4 is 28.5 Å². The molecule has 0 atom stereocenters. The number of aromatic amines is 1. The summed E-state index contributed by atoms with van der Waals surface area (Å²) in [5.41, 5.74) is 2.58. The summed E-state index contributed by atoms with van der Waals surface area (Å²) in [6.07, 6.45) is 0. The van der Waals surface area contributed by atoms with Gasteiger partial charge in [-0.25, -0.2) is 14.6 Å². The monoisotopic (exact) mass is 366 g/mol. The number of fused-ring (bicyclic) bond motifs is 1. The normalized spacial score (nSPS) is 11.0. The molecule has 0 aliphatic carbocycles. The molecule has 0 fully saturated rings. The van der Waals surface area contributed by atoms with Crippen LogP contribution in [0.1, 0.15) is 22.3 Å². The van der Waals surface area contributed by atoms with E-state index in [4.69, 9.17) is 11.6 Å². The maximum atomic E-state index is 12.4. The van der Waals surface area contributed by atoms with Gasteiger partial charge in [0, 0.05) is 5.02 Å². The second kappa shape index (κ2) is 6.61. The van der Waals surface area contributed by atoms with Crippen LogP contribution in [-0.4, -0.2) is 30.6 Å². The zero-order chi connectivity index (χ0) is 18.1. The number of rotatable bonds is 4. The number of nitrogens with one attached hydrogen (secondary N) is 2. The van der Waals surface area contributed by atoms with Crippen molar-refractivity contribution in [2.24, 2.45) is 0 Å². The molecule has 2 aromatic heterocycles. The highest BCUT2D eigenvalue weighted by Gasteiger charge is 2.15. The van der Waals surface area contributed by atoms with Gasteiger partial charge in [-0.15, -0.1) is 5.10 Å². The molecule has 0 bridgehead atoms. The first-order chi connectivity index (χ1) is 12.6. The Labute approximate surface area is 154 Å². The molecule has 0 saturated carbocycles. The number of hydrogen-bond acceptors (Lipinski definition) is 4. The van der Waals surface area contributed by atoms with Crippen LogP contribution in [0, 0.1) is 6.92 Å². The van der Waals surface area contributed by atoms with E-state index in [1.807, 2.05) is 36.4 Å². The van der Waals surface area contributed by atoms with Crippen LogP contribution in [-0.2, 0) is 6.54 Å². The number of carbonyl (C=O) groups is 1. The maximum absolute atomic E-state index is 12.4. The van der Waals surface area contributed by atoms with E-state index < -0.39 is 0 Å². The van der Waals surface area contributed by atoms with Gasteiger partial charge in [0.2, 0.25) is 5.82 Å². The fourth-order valence-electron chi connectivity index (χ4n) is 2.65. The molecule has 0 saturated heterocycles. The number of halogens is 1. The lowest BCUT2D eigenvalue weighted by Gasteiger charge is -2.02. The summed E-state index contributed by atoms with van der Waals surface area (Å²) >= 11 is 5.91. The van der Waals surface area contributed by atoms with Crippen molar-refractivity contribution in [1.29, 1.82) is 0 Å². The minimum Gasteiger partial charge on any atom is -0.342 e. The third kappa shape index (κ3) is 3.16. The van der Waals surface area contributed by atoms with E-state index in [1.165, 1.54) is 0 Å². The Morgan fingerprint density at radius 2 is 1.92 bits per heavy atom. The number of nitrogens with zero attached hydrogens (tertiary/aromatic N) is 4. The van der Waals surface area contributed by atoms with E-state index in [2.05, 4.69) is 25.4 Å². The van der Waals surface area contributed by atoms with Crippen molar-refractivity contribution in [2.45, 2.75) is 13.5 Å². The molecule has 0 unspecified atom stereocenters. The Bertz CT molecular complexity index is 1050. The molecule has 26 heavy (non-hydrogen) atoms. The lowest BCUT2D eigenvalue weighted by molar-refractivity contribution is 0.0939. The van der Waals surface area contributed by atoms with Crippen molar-refractivity contribution in [1.82, 2.24) is 30.0 Å². The summed E-state index contributed by atoms with van der Waals surface area (Å²) in [7, 11) is 0. The predicted molar refractivity (Wildman–Crippen MR) is 98.4 cm³/mol. The Morgan fingerprint density at radius 1 is 1.15 bits per heavy atom. The van der Waals surface area contributed by atoms with Crippen LogP contribution in [0.2, 0.25) is 5.02 Å². The van der Waals surface area contributed by atoms with Gasteiger partial charge >= 0.3 is 0 Å². The summed E-state index contributed by atoms with van der Waals surface area (Å²) in [5.74, 6) is 1.03. The number of H-pyrrole nitrogens is 1. The van der Waals surface area contributed by atoms with Gasteiger partial charge in [0.25, 0.3) is 5.91 Å². The summed E-state index contributed by atoms with van der Waals surface area (Å²) in [6.45, 7) is 2.06. The van der Waals surface area contributed by atoms with Crippen LogP contribution >= 0.6 is 11.6 Å². The fourth-order valence-corrected chi connectivity index (χ4v) is 2.77. The lowest BCUT2D eigenvalue weighted by Crippen LogP contribution is -2.24. The molecule has 2 N–H and O–H groups in total. The Kier molecular flexibility index (Phi) is 4.14. The van der Waals surface area contributed by atoms with Gasteiger partial charge < -0.3 is 10.3 Å². The summed E-state index contributed by atoms with van der Waals surface area (Å²) in [6, 6.07) is 14.9. The lowest BCUT2D eigenvalue weighted by atomic mass is 10.3. The molecular formula is C18H15ClN6O. The SMILES string of the molecule is Cc1nc(C(=O)NCc2nc3ccccc3[nH]2)nn1-c1ccc(Cl)cc1. The molecule has 4 aromatic rings. The molecule has 0 radical (unpaired) electrons. The summed E-state index contributed by atoms with van der Waals surface area (Å²) < 4.78 is 1.60. The van der Waals surface area contributed by atoms with Gasteiger partial charge in [-0.2, -0.15) is 0 Å². The molecule has 0 spiro atoms. The summed E-state index contributed by atoms with van der Waals surface area (Å²) in [4.78, 5) is 24.2. The van der Waals surface area contributed by atoms with Crippen LogP contribution < -0.4 is 5.32 Å². The van der Waals surface area contributed by atoms with E-state index in [0.717, 1.165) is 16.7 Å². The average molecular weight is 367 g/mol. The Morgan fingerprint density at radius 3 is 2.69 bits per heavy atom. The number of aryl methyl sites for hydroxylation is 1. The van der Waals surface area contributed by atoms with Crippen LogP contribution in [0.5, 0.6) is 0 Å². The molecule has 1 amide bonds. The van der Waals surface area contributed by atoms with Crippen LogP contribution in [0.3, 0.4) is 0 Å². The Hall–Kier alpha value is -3.19. The molecule has 8 heteroatoms. The van der Waals surface area contributed by atoms with Crippen LogP contribution in [0.4, 0.5) is 0 Å². The van der Waals surface area contributed by atoms with Gasteiger partial charge in [0.05, 0.1) is 23.3 Å². The second-order valence-corrected chi connectivity index (χ2v) is 6.19. The third-order valence-corrected chi connectivity index (χ3v) is 4.15. The zero-order valence-electron chi connectivity index (χ0n) is 13.9. The quantitative estimate of drug-likeness (QED) is 0.581. The molecule has 7 nitrogen and oxygen atoms in total. The zero-order valence-corrected chi connectivity index (χ0v) is 14.7. The number of para-hydroxylation sites is 2. The number of imidazole rings is 1. The van der Waals surface area contributed by atoms with Gasteiger partial charge in [0.1, 0.15) is 11.6 Å². The molecule has 0 aliphatic rings. The highest BCUT2D eigenvalue weighted by atomic mass is 35.5. The third-order valence-electron chi connectivity index (χ3n) is 3.90. The minimum absolute atomic E-state index is 0.105. The maximum Gasteiger partial charge on any atom is 0.291 e. The highest BCUT2D eigenvalue weighted by molar-refractivity contribution is 6.30. The smallest absolute Gasteiger partial charge is 0.291 e. The molecule has 0 aliphatic heterocycles. The number of aromatic nitrogens is 5. The standard InChI is InChI=1S/C18H15ClN6O/c1-11-21-17(24-25(11)13-8-6-12(19)7-9-13)18(26)20-10-16-22-14-4-2-3-5-15(14)23-16/h2-9H,10H2,1H3,(H,20,26)(H,22,23). The minimum atomic E-state index is -0.360. The second-order valence-electron chi connectivity index (χ2n) is 5.75. The summed E-state index contributed by atoms with van der Waals surface area (Å²) in [5, 5.41) is 7.70. The number of benzene rings is 2. The first kappa shape index (κ1) is 16.3. The average Bonchev–Trinajstić information content (AvgIpc) is 3.23. The predicted octanol–water partition coefficient (Wildman–Crippen LogP) is 3.04. The molecule has 130 valence electrons. The van der Waals surface area contributed by atoms with Crippen molar-refractivity contribution in [3.8, 4) is 5.69 Å². The first-order valence-electron chi connectivity index (χ1n) is 8.01. The van der Waals surface area contributed by atoms with Crippen LogP contribution in [0.25, 0.3) is 16.7 Å². The van der Waals surface area contributed by atoms with E-state index in [1.54, 1.807) is 23.7 Å². The Balaban J connectivity index is 1.49. The van der Waals surface area contributed by atoms with Gasteiger partial charge in [-0.1, -0.05) is 23.7 Å². The van der Waals surface area contributed by atoms with E-state index in [0.29, 0.717) is 16.7 Å². The van der Waals surface area contributed by atoms with E-state index in [-0.39, 0.29) is 18.3 Å². The number of amides is 1. The van der Waals surface area contributed by atoms with Crippen molar-refractivity contribution in [3.63, 3.8) is 0 Å². The largest absolute Gasteiger partial charge is 0.342 e. The molecule has 2 aromatic carbocycles. The van der Waals surface area contributed by atoms with Gasteiger partial charge in [-0.3, -0.25) is 4.79 Å². The van der Waals surface area contributed by atoms with Crippen molar-refractivity contribution in [2.75, 3.05) is 0 Å². The molecule has 4 rings (SSSR count). The van der Waals surface area contributed by atoms with Gasteiger partial charge in [0.15, 0.2) is 0 Å². The molecular weight excluding hydrogens is 352 g/mol. The first-order valence-corrected chi connectivity index (χ1v) is 8.39. The van der Waals surface area contributed by atoms with Crippen molar-refractivity contribution < 1.29 is 4.79 Å². The topological polar surface area (TPSA) is 88.5 Å². The van der Waals surface area contributed by atoms with Crippen LogP contribution in [0.15, 0.2) is 48.5 Å².